The highest BCUT2D eigenvalue weighted by atomic mass is 32.1. The Morgan fingerprint density at radius 1 is 0.968 bits per heavy atom. The average Bonchev–Trinajstić information content (AvgIpc) is 3.04. The zero-order valence-corrected chi connectivity index (χ0v) is 21.7. The smallest absolute Gasteiger partial charge is 0.160 e. The first kappa shape index (κ1) is 25.1. The summed E-state index contributed by atoms with van der Waals surface area (Å²) in [5, 5.41) is 0.000000000000000222. The predicted molar refractivity (Wildman–Crippen MR) is 139 cm³/mol. The second-order valence-electron chi connectivity index (χ2n) is 12.4. The molecule has 2 nitrogen and oxygen atoms in total. The van der Waals surface area contributed by atoms with Crippen LogP contribution in [0.4, 0.5) is 0 Å². The van der Waals surface area contributed by atoms with Gasteiger partial charge in [-0.05, 0) is 130 Å². The van der Waals surface area contributed by atoms with E-state index in [4.69, 9.17) is 0 Å². The maximum Gasteiger partial charge on any atom is 0.160 e. The van der Waals surface area contributed by atoms with Gasteiger partial charge in [-0.25, -0.2) is 0 Å². The van der Waals surface area contributed by atoms with Crippen LogP contribution in [0.1, 0.15) is 111 Å². The molecule has 0 heterocycles. The molecular formula is C28H50N2S. The molecule has 0 aromatic carbocycles. The fraction of sp³-hybridized carbons (Fsp3) is 0.893. The summed E-state index contributed by atoms with van der Waals surface area (Å²) in [5.41, 5.74) is 12.0. The van der Waals surface area contributed by atoms with Crippen LogP contribution in [-0.2, 0) is 0 Å². The number of hydrogen-bond donors (Lipinski definition) is 2. The number of allylic oxidation sites excluding steroid dienone is 1. The minimum absolute atomic E-state index is 0.000000000000000222. The van der Waals surface area contributed by atoms with Crippen molar-refractivity contribution in [1.29, 1.82) is 0 Å². The van der Waals surface area contributed by atoms with Crippen molar-refractivity contribution < 1.29 is 0 Å². The molecule has 1 unspecified atom stereocenters. The molecule has 0 bridgehead atoms. The van der Waals surface area contributed by atoms with Gasteiger partial charge in [-0.2, -0.15) is 0 Å². The van der Waals surface area contributed by atoms with E-state index in [1.807, 2.05) is 0 Å². The first-order valence-corrected chi connectivity index (χ1v) is 13.7. The van der Waals surface area contributed by atoms with Crippen LogP contribution in [0, 0.1) is 46.3 Å². The summed E-state index contributed by atoms with van der Waals surface area (Å²) in [7, 11) is 0. The fourth-order valence-corrected chi connectivity index (χ4v) is 9.20. The monoisotopic (exact) mass is 446 g/mol. The standard InChI is InChI=1S/C27H46.CH4N2S/c1-19(2)9-8-10-20(3)23-14-15-24-22-13-12-21-11-6-7-17-26(21,4)25(22)16-18-27(23,24)5;2-1(3)4/h20-25H,1,6-18H2,2-5H3;(H4,2,3,4)/t20-,21?,22+,23-,24+,25+,26+,27-;/m1./s1. The summed E-state index contributed by atoms with van der Waals surface area (Å²) in [6, 6.07) is 0. The lowest BCUT2D eigenvalue weighted by Gasteiger charge is -2.61. The van der Waals surface area contributed by atoms with Crippen molar-refractivity contribution in [2.75, 3.05) is 0 Å². The van der Waals surface area contributed by atoms with Gasteiger partial charge in [0.1, 0.15) is 0 Å². The molecule has 0 saturated heterocycles. The molecule has 0 spiro atoms. The van der Waals surface area contributed by atoms with Crippen LogP contribution in [0.25, 0.3) is 0 Å². The molecule has 4 saturated carbocycles. The number of hydrogen-bond acceptors (Lipinski definition) is 1. The highest BCUT2D eigenvalue weighted by molar-refractivity contribution is 7.80. The fourth-order valence-electron chi connectivity index (χ4n) is 9.20. The summed E-state index contributed by atoms with van der Waals surface area (Å²) >= 11 is 4.09. The van der Waals surface area contributed by atoms with E-state index in [0.717, 1.165) is 35.5 Å². The van der Waals surface area contributed by atoms with Crippen molar-refractivity contribution >= 4 is 17.3 Å². The van der Waals surface area contributed by atoms with Crippen LogP contribution >= 0.6 is 12.2 Å². The van der Waals surface area contributed by atoms with Crippen molar-refractivity contribution in [3.8, 4) is 0 Å². The lowest BCUT2D eigenvalue weighted by molar-refractivity contribution is -0.114. The SMILES string of the molecule is C=C(C)CCC[C@@H](C)[C@H]1CC[C@H]2[C@@H]3CCC4CCCC[C@]4(C)[C@H]3CC[C@]12C.NC(N)=S. The van der Waals surface area contributed by atoms with Gasteiger partial charge in [-0.1, -0.05) is 45.6 Å². The molecule has 8 atom stereocenters. The zero-order chi connectivity index (χ0) is 22.8. The molecular weight excluding hydrogens is 396 g/mol. The number of nitrogens with two attached hydrogens (primary N) is 2. The Labute approximate surface area is 198 Å². The van der Waals surface area contributed by atoms with E-state index in [-0.39, 0.29) is 5.11 Å². The molecule has 3 heteroatoms. The van der Waals surface area contributed by atoms with Crippen LogP contribution in [-0.4, -0.2) is 5.11 Å². The molecule has 0 aromatic rings. The van der Waals surface area contributed by atoms with Crippen molar-refractivity contribution in [2.24, 2.45) is 57.8 Å². The molecule has 0 amide bonds. The van der Waals surface area contributed by atoms with Gasteiger partial charge in [0, 0.05) is 0 Å². The lowest BCUT2D eigenvalue weighted by atomic mass is 9.44. The molecule has 31 heavy (non-hydrogen) atoms. The second kappa shape index (κ2) is 10.1. The van der Waals surface area contributed by atoms with Crippen LogP contribution in [0.5, 0.6) is 0 Å². The predicted octanol–water partition coefficient (Wildman–Crippen LogP) is 7.61. The van der Waals surface area contributed by atoms with Gasteiger partial charge in [0.25, 0.3) is 0 Å². The van der Waals surface area contributed by atoms with Crippen LogP contribution in [0.2, 0.25) is 0 Å². The third-order valence-electron chi connectivity index (χ3n) is 10.6. The van der Waals surface area contributed by atoms with E-state index in [1.54, 1.807) is 38.5 Å². The molecule has 4 N–H and O–H groups in total. The Hall–Kier alpha value is -0.570. The van der Waals surface area contributed by atoms with Crippen molar-refractivity contribution in [2.45, 2.75) is 111 Å². The van der Waals surface area contributed by atoms with E-state index in [2.05, 4.69) is 58.0 Å². The maximum atomic E-state index is 4.62. The second-order valence-corrected chi connectivity index (χ2v) is 12.8. The van der Waals surface area contributed by atoms with Gasteiger partial charge in [-0.15, -0.1) is 6.58 Å². The van der Waals surface area contributed by atoms with Gasteiger partial charge in [0.2, 0.25) is 0 Å². The van der Waals surface area contributed by atoms with E-state index in [1.165, 1.54) is 50.5 Å². The number of fused-ring (bicyclic) bond motifs is 5. The molecule has 178 valence electrons. The van der Waals surface area contributed by atoms with Crippen molar-refractivity contribution in [1.82, 2.24) is 0 Å². The minimum atomic E-state index is 0.000000000000000222. The van der Waals surface area contributed by atoms with Crippen molar-refractivity contribution in [3.63, 3.8) is 0 Å². The average molecular weight is 447 g/mol. The third kappa shape index (κ3) is 5.17. The van der Waals surface area contributed by atoms with Gasteiger partial charge in [0.15, 0.2) is 5.11 Å². The summed E-state index contributed by atoms with van der Waals surface area (Å²) in [6.07, 6.45) is 19.4. The Morgan fingerprint density at radius 3 is 2.32 bits per heavy atom. The normalized spacial score (nSPS) is 42.3. The van der Waals surface area contributed by atoms with Crippen LogP contribution in [0.3, 0.4) is 0 Å². The summed E-state index contributed by atoms with van der Waals surface area (Å²) in [4.78, 5) is 0. The first-order valence-electron chi connectivity index (χ1n) is 13.3. The lowest BCUT2D eigenvalue weighted by Crippen LogP contribution is -2.53. The minimum Gasteiger partial charge on any atom is -0.377 e. The quantitative estimate of drug-likeness (QED) is 0.337. The molecule has 4 aliphatic carbocycles. The number of thiocarbonyl (C=S) groups is 1. The van der Waals surface area contributed by atoms with Gasteiger partial charge in [-0.3, -0.25) is 0 Å². The highest BCUT2D eigenvalue weighted by Gasteiger charge is 2.59. The van der Waals surface area contributed by atoms with Gasteiger partial charge >= 0.3 is 0 Å². The molecule has 4 rings (SSSR count). The van der Waals surface area contributed by atoms with E-state index in [9.17, 15) is 0 Å². The summed E-state index contributed by atoms with van der Waals surface area (Å²) in [5.74, 6) is 6.14. The first-order chi connectivity index (χ1) is 14.6. The Balaban J connectivity index is 0.000000628. The maximum absolute atomic E-state index is 4.62. The topological polar surface area (TPSA) is 52.0 Å². The van der Waals surface area contributed by atoms with Gasteiger partial charge < -0.3 is 11.5 Å². The Bertz CT molecular complexity index is 641. The van der Waals surface area contributed by atoms with Crippen LogP contribution < -0.4 is 11.5 Å². The highest BCUT2D eigenvalue weighted by Crippen LogP contribution is 2.68. The molecule has 0 aliphatic heterocycles. The van der Waals surface area contributed by atoms with Crippen LogP contribution in [0.15, 0.2) is 12.2 Å². The summed E-state index contributed by atoms with van der Waals surface area (Å²) in [6.45, 7) is 14.4. The summed E-state index contributed by atoms with van der Waals surface area (Å²) < 4.78 is 0. The van der Waals surface area contributed by atoms with Crippen molar-refractivity contribution in [3.05, 3.63) is 12.2 Å². The number of rotatable bonds is 5. The van der Waals surface area contributed by atoms with E-state index in [0.29, 0.717) is 10.8 Å². The molecule has 4 aliphatic rings. The zero-order valence-electron chi connectivity index (χ0n) is 20.9. The van der Waals surface area contributed by atoms with Gasteiger partial charge in [0.05, 0.1) is 0 Å². The largest absolute Gasteiger partial charge is 0.377 e. The third-order valence-corrected chi connectivity index (χ3v) is 10.6. The molecule has 4 fully saturated rings. The van der Waals surface area contributed by atoms with E-state index < -0.39 is 0 Å². The molecule has 0 aromatic heterocycles. The Morgan fingerprint density at radius 2 is 1.65 bits per heavy atom. The molecule has 0 radical (unpaired) electrons. The van der Waals surface area contributed by atoms with E-state index >= 15 is 0 Å². The Kier molecular flexibility index (Phi) is 8.20.